The van der Waals surface area contributed by atoms with Crippen LogP contribution in [0.25, 0.3) is 0 Å². The first-order valence-corrected chi connectivity index (χ1v) is 4.17. The molecule has 2 heteroatoms. The van der Waals surface area contributed by atoms with E-state index in [1.54, 1.807) is 18.2 Å². The number of carboxylic acids is 1. The minimum atomic E-state index is -0.873. The summed E-state index contributed by atoms with van der Waals surface area (Å²) in [6.45, 7) is 1.95. The molecule has 1 N–H and O–H groups in total. The van der Waals surface area contributed by atoms with E-state index < -0.39 is 5.97 Å². The van der Waals surface area contributed by atoms with Crippen molar-refractivity contribution < 1.29 is 9.90 Å². The predicted octanol–water partition coefficient (Wildman–Crippen LogP) is 2.50. The van der Waals surface area contributed by atoms with E-state index in [1.165, 1.54) is 0 Å². The molecule has 0 heterocycles. The minimum absolute atomic E-state index is 0.349. The number of carboxylic acid groups (broad SMARTS) is 1. The molecule has 0 bridgehead atoms. The van der Waals surface area contributed by atoms with Crippen molar-refractivity contribution in [3.63, 3.8) is 0 Å². The first-order chi connectivity index (χ1) is 6.24. The van der Waals surface area contributed by atoms with Crippen molar-refractivity contribution >= 4 is 5.97 Å². The molecule has 13 heavy (non-hydrogen) atoms. The van der Waals surface area contributed by atoms with Crippen molar-refractivity contribution in [1.82, 2.24) is 0 Å². The molecule has 1 aromatic rings. The monoisotopic (exact) mass is 176 g/mol. The van der Waals surface area contributed by atoms with E-state index >= 15 is 0 Å². The van der Waals surface area contributed by atoms with Crippen LogP contribution in [0.4, 0.5) is 0 Å². The van der Waals surface area contributed by atoms with Gasteiger partial charge in [0, 0.05) is 0 Å². The molecular weight excluding hydrogens is 164 g/mol. The van der Waals surface area contributed by atoms with Crippen molar-refractivity contribution in [1.29, 1.82) is 0 Å². The van der Waals surface area contributed by atoms with E-state index in [1.807, 2.05) is 25.1 Å². The largest absolute Gasteiger partial charge is 0.478 e. The van der Waals surface area contributed by atoms with Gasteiger partial charge in [-0.1, -0.05) is 24.3 Å². The number of hydrogen-bond acceptors (Lipinski definition) is 1. The summed E-state index contributed by atoms with van der Waals surface area (Å²) in [6.07, 6.45) is 4.74. The molecule has 0 aliphatic rings. The molecule has 0 atom stereocenters. The van der Waals surface area contributed by atoms with Crippen molar-refractivity contribution in [3.05, 3.63) is 47.5 Å². The Kier molecular flexibility index (Phi) is 3.26. The summed E-state index contributed by atoms with van der Waals surface area (Å²) in [4.78, 5) is 10.6. The topological polar surface area (TPSA) is 37.3 Å². The SMILES string of the molecule is CC=CCc1cccc(C(=O)O)c1. The van der Waals surface area contributed by atoms with Crippen LogP contribution in [0.3, 0.4) is 0 Å². The van der Waals surface area contributed by atoms with Gasteiger partial charge in [0.2, 0.25) is 0 Å². The Bertz CT molecular complexity index is 327. The summed E-state index contributed by atoms with van der Waals surface area (Å²) in [5, 5.41) is 8.72. The summed E-state index contributed by atoms with van der Waals surface area (Å²) in [7, 11) is 0. The van der Waals surface area contributed by atoms with Crippen LogP contribution in [-0.4, -0.2) is 11.1 Å². The summed E-state index contributed by atoms with van der Waals surface area (Å²) in [5.41, 5.74) is 1.38. The maximum Gasteiger partial charge on any atom is 0.335 e. The smallest absolute Gasteiger partial charge is 0.335 e. The standard InChI is InChI=1S/C11H12O2/c1-2-3-5-9-6-4-7-10(8-9)11(12)13/h2-4,6-8H,5H2,1H3,(H,12,13). The van der Waals surface area contributed by atoms with E-state index in [2.05, 4.69) is 0 Å². The average molecular weight is 176 g/mol. The highest BCUT2D eigenvalue weighted by Crippen LogP contribution is 2.06. The third-order valence-corrected chi connectivity index (χ3v) is 1.76. The first kappa shape index (κ1) is 9.52. The van der Waals surface area contributed by atoms with Gasteiger partial charge in [0.25, 0.3) is 0 Å². The third kappa shape index (κ3) is 2.75. The Labute approximate surface area is 77.5 Å². The van der Waals surface area contributed by atoms with E-state index in [0.717, 1.165) is 12.0 Å². The van der Waals surface area contributed by atoms with E-state index in [0.29, 0.717) is 5.56 Å². The molecule has 0 amide bonds. The fraction of sp³-hybridized carbons (Fsp3) is 0.182. The van der Waals surface area contributed by atoms with Gasteiger partial charge in [-0.3, -0.25) is 0 Å². The maximum absolute atomic E-state index is 10.6. The number of benzene rings is 1. The molecule has 0 saturated carbocycles. The van der Waals surface area contributed by atoms with Gasteiger partial charge in [0.05, 0.1) is 5.56 Å². The van der Waals surface area contributed by atoms with Crippen LogP contribution in [0.2, 0.25) is 0 Å². The lowest BCUT2D eigenvalue weighted by Gasteiger charge is -1.98. The van der Waals surface area contributed by atoms with Crippen molar-refractivity contribution in [2.45, 2.75) is 13.3 Å². The summed E-state index contributed by atoms with van der Waals surface area (Å²) in [5.74, 6) is -0.873. The normalized spacial score (nSPS) is 10.5. The number of carbonyl (C=O) groups is 1. The zero-order valence-corrected chi connectivity index (χ0v) is 7.53. The van der Waals surface area contributed by atoms with Gasteiger partial charge >= 0.3 is 5.97 Å². The second kappa shape index (κ2) is 4.45. The number of allylic oxidation sites excluding steroid dienone is 2. The van der Waals surface area contributed by atoms with Gasteiger partial charge in [0.15, 0.2) is 0 Å². The Morgan fingerprint density at radius 2 is 2.31 bits per heavy atom. The van der Waals surface area contributed by atoms with Gasteiger partial charge < -0.3 is 5.11 Å². The Morgan fingerprint density at radius 1 is 1.54 bits per heavy atom. The van der Waals surface area contributed by atoms with Crippen LogP contribution in [0.5, 0.6) is 0 Å². The Hall–Kier alpha value is -1.57. The Morgan fingerprint density at radius 3 is 2.92 bits per heavy atom. The molecule has 0 aliphatic carbocycles. The molecular formula is C11H12O2. The van der Waals surface area contributed by atoms with Crippen molar-refractivity contribution in [3.8, 4) is 0 Å². The summed E-state index contributed by atoms with van der Waals surface area (Å²) in [6, 6.07) is 6.98. The molecule has 0 saturated heterocycles. The zero-order valence-electron chi connectivity index (χ0n) is 7.53. The van der Waals surface area contributed by atoms with E-state index in [-0.39, 0.29) is 0 Å². The number of aromatic carboxylic acids is 1. The molecule has 2 nitrogen and oxygen atoms in total. The van der Waals surface area contributed by atoms with Gasteiger partial charge in [-0.05, 0) is 31.0 Å². The van der Waals surface area contributed by atoms with Crippen LogP contribution in [0.15, 0.2) is 36.4 Å². The minimum Gasteiger partial charge on any atom is -0.478 e. The highest BCUT2D eigenvalue weighted by molar-refractivity contribution is 5.87. The van der Waals surface area contributed by atoms with Crippen LogP contribution < -0.4 is 0 Å². The zero-order chi connectivity index (χ0) is 9.68. The summed E-state index contributed by atoms with van der Waals surface area (Å²) < 4.78 is 0. The lowest BCUT2D eigenvalue weighted by atomic mass is 10.1. The van der Waals surface area contributed by atoms with Crippen LogP contribution in [0.1, 0.15) is 22.8 Å². The molecule has 0 spiro atoms. The average Bonchev–Trinajstić information content (AvgIpc) is 2.15. The molecule has 1 rings (SSSR count). The van der Waals surface area contributed by atoms with Crippen LogP contribution >= 0.6 is 0 Å². The predicted molar refractivity (Wildman–Crippen MR) is 51.9 cm³/mol. The van der Waals surface area contributed by atoms with Crippen molar-refractivity contribution in [2.24, 2.45) is 0 Å². The Balaban J connectivity index is 2.85. The van der Waals surface area contributed by atoms with Gasteiger partial charge in [-0.15, -0.1) is 0 Å². The quantitative estimate of drug-likeness (QED) is 0.718. The highest BCUT2D eigenvalue weighted by atomic mass is 16.4. The van der Waals surface area contributed by atoms with E-state index in [9.17, 15) is 4.79 Å². The molecule has 0 unspecified atom stereocenters. The lowest BCUT2D eigenvalue weighted by Crippen LogP contribution is -1.96. The first-order valence-electron chi connectivity index (χ1n) is 4.17. The molecule has 0 aliphatic heterocycles. The third-order valence-electron chi connectivity index (χ3n) is 1.76. The molecule has 0 aromatic heterocycles. The van der Waals surface area contributed by atoms with Gasteiger partial charge in [0.1, 0.15) is 0 Å². The fourth-order valence-corrected chi connectivity index (χ4v) is 1.09. The lowest BCUT2D eigenvalue weighted by molar-refractivity contribution is 0.0697. The van der Waals surface area contributed by atoms with Gasteiger partial charge in [-0.25, -0.2) is 4.79 Å². The maximum atomic E-state index is 10.6. The molecule has 1 aromatic carbocycles. The molecule has 68 valence electrons. The fourth-order valence-electron chi connectivity index (χ4n) is 1.09. The van der Waals surface area contributed by atoms with E-state index in [4.69, 9.17) is 5.11 Å². The van der Waals surface area contributed by atoms with Crippen LogP contribution in [0, 0.1) is 0 Å². The van der Waals surface area contributed by atoms with Gasteiger partial charge in [-0.2, -0.15) is 0 Å². The molecule has 0 radical (unpaired) electrons. The van der Waals surface area contributed by atoms with Crippen molar-refractivity contribution in [2.75, 3.05) is 0 Å². The highest BCUT2D eigenvalue weighted by Gasteiger charge is 2.01. The second-order valence-corrected chi connectivity index (χ2v) is 2.78. The molecule has 0 fully saturated rings. The number of rotatable bonds is 3. The number of hydrogen-bond donors (Lipinski definition) is 1. The second-order valence-electron chi connectivity index (χ2n) is 2.78. The summed E-state index contributed by atoms with van der Waals surface area (Å²) >= 11 is 0. The van der Waals surface area contributed by atoms with Crippen LogP contribution in [-0.2, 0) is 6.42 Å².